The molecule has 4 nitrogen and oxygen atoms in total. The largest absolute Gasteiger partial charge is 0.356 e. The number of H-pyrrole nitrogens is 1. The summed E-state index contributed by atoms with van der Waals surface area (Å²) in [6.45, 7) is 10.0. The van der Waals surface area contributed by atoms with Crippen molar-refractivity contribution in [3.05, 3.63) is 35.5 Å². The van der Waals surface area contributed by atoms with Crippen molar-refractivity contribution in [2.45, 2.75) is 58.5 Å². The Labute approximate surface area is 144 Å². The molecule has 0 bridgehead atoms. The quantitative estimate of drug-likeness (QED) is 0.840. The first-order valence-corrected chi connectivity index (χ1v) is 8.98. The van der Waals surface area contributed by atoms with Crippen molar-refractivity contribution >= 4 is 16.8 Å². The minimum absolute atomic E-state index is 0.138. The summed E-state index contributed by atoms with van der Waals surface area (Å²) in [4.78, 5) is 17.8. The molecule has 1 aliphatic rings. The van der Waals surface area contributed by atoms with Gasteiger partial charge in [0.1, 0.15) is 0 Å². The third-order valence-electron chi connectivity index (χ3n) is 4.87. The van der Waals surface area contributed by atoms with Crippen LogP contribution in [-0.4, -0.2) is 34.4 Å². The Morgan fingerprint density at radius 1 is 1.33 bits per heavy atom. The number of nitrogens with one attached hydrogen (secondary N) is 2. The second-order valence-corrected chi connectivity index (χ2v) is 7.86. The lowest BCUT2D eigenvalue weighted by Gasteiger charge is -2.35. The number of nitrogens with zero attached hydrogens (tertiary/aromatic N) is 1. The fraction of sp³-hybridized carbons (Fsp3) is 0.550. The molecule has 1 atom stereocenters. The molecule has 1 aromatic heterocycles. The molecule has 1 aromatic carbocycles. The number of amides is 1. The van der Waals surface area contributed by atoms with Crippen molar-refractivity contribution in [1.82, 2.24) is 15.2 Å². The first kappa shape index (κ1) is 17.0. The Balaban J connectivity index is 1.82. The molecule has 2 heterocycles. The van der Waals surface area contributed by atoms with Gasteiger partial charge in [-0.15, -0.1) is 0 Å². The molecule has 1 amide bonds. The average Bonchev–Trinajstić information content (AvgIpc) is 2.89. The first-order valence-electron chi connectivity index (χ1n) is 8.98. The topological polar surface area (TPSA) is 48.1 Å². The number of aromatic nitrogens is 1. The number of rotatable bonds is 4. The third-order valence-corrected chi connectivity index (χ3v) is 4.87. The van der Waals surface area contributed by atoms with Gasteiger partial charge >= 0.3 is 0 Å². The highest BCUT2D eigenvalue weighted by Crippen LogP contribution is 2.36. The number of carbonyl (C=O) groups is 1. The predicted molar refractivity (Wildman–Crippen MR) is 99.1 cm³/mol. The zero-order chi connectivity index (χ0) is 17.3. The van der Waals surface area contributed by atoms with Gasteiger partial charge in [-0.05, 0) is 58.2 Å². The number of para-hydroxylation sites is 1. The monoisotopic (exact) mass is 327 g/mol. The second-order valence-electron chi connectivity index (χ2n) is 7.86. The molecule has 24 heavy (non-hydrogen) atoms. The fourth-order valence-electron chi connectivity index (χ4n) is 3.75. The molecule has 1 aliphatic heterocycles. The van der Waals surface area contributed by atoms with Gasteiger partial charge in [0, 0.05) is 35.6 Å². The van der Waals surface area contributed by atoms with E-state index in [4.69, 9.17) is 0 Å². The van der Waals surface area contributed by atoms with Crippen LogP contribution in [-0.2, 0) is 11.2 Å². The van der Waals surface area contributed by atoms with Crippen molar-refractivity contribution in [3.8, 4) is 0 Å². The Bertz CT molecular complexity index is 726. The van der Waals surface area contributed by atoms with Crippen LogP contribution >= 0.6 is 0 Å². The summed E-state index contributed by atoms with van der Waals surface area (Å²) in [5, 5.41) is 4.86. The summed E-state index contributed by atoms with van der Waals surface area (Å²) in [7, 11) is 0. The van der Waals surface area contributed by atoms with E-state index in [0.717, 1.165) is 32.4 Å². The number of fused-ring (bicyclic) bond motifs is 3. The zero-order valence-electron chi connectivity index (χ0n) is 15.3. The minimum Gasteiger partial charge on any atom is -0.356 e. The van der Waals surface area contributed by atoms with E-state index in [0.29, 0.717) is 0 Å². The maximum absolute atomic E-state index is 12.1. The van der Waals surface area contributed by atoms with E-state index in [1.807, 2.05) is 4.90 Å². The SMILES string of the molecule is CC(=O)N1CCc2c([nH]c3ccccc23)C1CCCNC(C)(C)C. The molecule has 0 saturated heterocycles. The van der Waals surface area contributed by atoms with Crippen molar-refractivity contribution in [3.63, 3.8) is 0 Å². The van der Waals surface area contributed by atoms with Crippen LogP contribution in [0.5, 0.6) is 0 Å². The van der Waals surface area contributed by atoms with Crippen molar-refractivity contribution in [2.75, 3.05) is 13.1 Å². The van der Waals surface area contributed by atoms with E-state index in [-0.39, 0.29) is 17.5 Å². The van der Waals surface area contributed by atoms with Crippen molar-refractivity contribution in [1.29, 1.82) is 0 Å². The smallest absolute Gasteiger partial charge is 0.220 e. The molecule has 1 unspecified atom stereocenters. The number of hydrogen-bond donors (Lipinski definition) is 2. The second kappa shape index (κ2) is 6.60. The summed E-state index contributed by atoms with van der Waals surface area (Å²) in [6, 6.07) is 8.64. The van der Waals surface area contributed by atoms with E-state index < -0.39 is 0 Å². The van der Waals surface area contributed by atoms with E-state index in [1.54, 1.807) is 6.92 Å². The van der Waals surface area contributed by atoms with Crippen LogP contribution in [0.3, 0.4) is 0 Å². The minimum atomic E-state index is 0.138. The highest BCUT2D eigenvalue weighted by Gasteiger charge is 2.31. The van der Waals surface area contributed by atoms with E-state index in [1.165, 1.54) is 22.2 Å². The molecular formula is C20H29N3O. The number of hydrogen-bond acceptors (Lipinski definition) is 2. The van der Waals surface area contributed by atoms with E-state index in [2.05, 4.69) is 55.3 Å². The van der Waals surface area contributed by atoms with Gasteiger partial charge in [-0.25, -0.2) is 0 Å². The Morgan fingerprint density at radius 2 is 2.08 bits per heavy atom. The van der Waals surface area contributed by atoms with Crippen molar-refractivity contribution in [2.24, 2.45) is 0 Å². The summed E-state index contributed by atoms with van der Waals surface area (Å²) in [5.41, 5.74) is 3.97. The Hall–Kier alpha value is -1.81. The number of carbonyl (C=O) groups excluding carboxylic acids is 1. The highest BCUT2D eigenvalue weighted by atomic mass is 16.2. The van der Waals surface area contributed by atoms with Crippen LogP contribution in [0, 0.1) is 0 Å². The summed E-state index contributed by atoms with van der Waals surface area (Å²) in [5.74, 6) is 0.174. The van der Waals surface area contributed by atoms with Crippen LogP contribution in [0.15, 0.2) is 24.3 Å². The highest BCUT2D eigenvalue weighted by molar-refractivity contribution is 5.86. The van der Waals surface area contributed by atoms with Gasteiger partial charge in [-0.3, -0.25) is 4.79 Å². The maximum atomic E-state index is 12.1. The first-order chi connectivity index (χ1) is 11.4. The standard InChI is InChI=1S/C20H29N3O/c1-14(24)23-13-11-16-15-8-5-6-9-17(15)22-19(16)18(23)10-7-12-21-20(2,3)4/h5-6,8-9,18,21-22H,7,10-13H2,1-4H3. The molecule has 0 spiro atoms. The predicted octanol–water partition coefficient (Wildman–Crippen LogP) is 3.78. The van der Waals surface area contributed by atoms with Crippen LogP contribution < -0.4 is 5.32 Å². The molecule has 0 radical (unpaired) electrons. The third kappa shape index (κ3) is 3.48. The normalized spacial score (nSPS) is 18.0. The van der Waals surface area contributed by atoms with Crippen LogP contribution in [0.2, 0.25) is 0 Å². The molecule has 3 rings (SSSR count). The van der Waals surface area contributed by atoms with E-state index in [9.17, 15) is 4.79 Å². The molecular weight excluding hydrogens is 298 g/mol. The maximum Gasteiger partial charge on any atom is 0.220 e. The number of aromatic amines is 1. The van der Waals surface area contributed by atoms with Crippen LogP contribution in [0.1, 0.15) is 57.8 Å². The van der Waals surface area contributed by atoms with Gasteiger partial charge in [-0.2, -0.15) is 0 Å². The molecule has 0 saturated carbocycles. The molecule has 4 heteroatoms. The summed E-state index contributed by atoms with van der Waals surface area (Å²) < 4.78 is 0. The average molecular weight is 327 g/mol. The summed E-state index contributed by atoms with van der Waals surface area (Å²) >= 11 is 0. The lowest BCUT2D eigenvalue weighted by molar-refractivity contribution is -0.132. The fourth-order valence-corrected chi connectivity index (χ4v) is 3.75. The van der Waals surface area contributed by atoms with Gasteiger partial charge < -0.3 is 15.2 Å². The Morgan fingerprint density at radius 3 is 2.79 bits per heavy atom. The van der Waals surface area contributed by atoms with Crippen LogP contribution in [0.4, 0.5) is 0 Å². The van der Waals surface area contributed by atoms with Crippen molar-refractivity contribution < 1.29 is 4.79 Å². The van der Waals surface area contributed by atoms with Gasteiger partial charge in [-0.1, -0.05) is 18.2 Å². The lowest BCUT2D eigenvalue weighted by atomic mass is 9.94. The molecule has 0 aliphatic carbocycles. The zero-order valence-corrected chi connectivity index (χ0v) is 15.3. The van der Waals surface area contributed by atoms with Gasteiger partial charge in [0.05, 0.1) is 6.04 Å². The lowest BCUT2D eigenvalue weighted by Crippen LogP contribution is -2.40. The van der Waals surface area contributed by atoms with Crippen LogP contribution in [0.25, 0.3) is 10.9 Å². The molecule has 130 valence electrons. The molecule has 0 fully saturated rings. The summed E-state index contributed by atoms with van der Waals surface area (Å²) in [6.07, 6.45) is 2.98. The molecule has 2 aromatic rings. The number of benzene rings is 1. The molecule has 2 N–H and O–H groups in total. The van der Waals surface area contributed by atoms with E-state index >= 15 is 0 Å². The Kier molecular flexibility index (Phi) is 4.68. The van der Waals surface area contributed by atoms with Gasteiger partial charge in [0.15, 0.2) is 0 Å². The van der Waals surface area contributed by atoms with Gasteiger partial charge in [0.2, 0.25) is 5.91 Å². The van der Waals surface area contributed by atoms with Gasteiger partial charge in [0.25, 0.3) is 0 Å².